The van der Waals surface area contributed by atoms with Gasteiger partial charge in [-0.2, -0.15) is 10.5 Å². The molecule has 0 bridgehead atoms. The van der Waals surface area contributed by atoms with Crippen LogP contribution < -0.4 is 0 Å². The molecule has 0 spiro atoms. The van der Waals surface area contributed by atoms with Crippen molar-refractivity contribution in [2.75, 3.05) is 0 Å². The minimum Gasteiger partial charge on any atom is -0.309 e. The molecule has 0 aliphatic heterocycles. The van der Waals surface area contributed by atoms with Gasteiger partial charge >= 0.3 is 0 Å². The van der Waals surface area contributed by atoms with Crippen LogP contribution in [-0.2, 0) is 0 Å². The molecule has 0 N–H and O–H groups in total. The summed E-state index contributed by atoms with van der Waals surface area (Å²) < 4.78 is 2.15. The summed E-state index contributed by atoms with van der Waals surface area (Å²) in [5.41, 5.74) is 9.80. The number of aromatic nitrogens is 1. The Morgan fingerprint density at radius 1 is 0.347 bits per heavy atom. The first-order valence-corrected chi connectivity index (χ1v) is 16.3. The lowest BCUT2D eigenvalue weighted by Crippen LogP contribution is -1.99. The summed E-state index contributed by atoms with van der Waals surface area (Å²) in [6, 6.07) is 61.3. The molecular formula is C46H27N3. The van der Waals surface area contributed by atoms with Crippen molar-refractivity contribution in [3.8, 4) is 51.2 Å². The molecule has 226 valence electrons. The van der Waals surface area contributed by atoms with Crippen molar-refractivity contribution in [2.45, 2.75) is 0 Å². The monoisotopic (exact) mass is 621 g/mol. The van der Waals surface area contributed by atoms with E-state index in [0.29, 0.717) is 16.7 Å². The molecule has 0 saturated heterocycles. The largest absolute Gasteiger partial charge is 0.309 e. The van der Waals surface area contributed by atoms with Crippen molar-refractivity contribution in [1.82, 2.24) is 4.57 Å². The summed E-state index contributed by atoms with van der Waals surface area (Å²) in [7, 11) is 0. The fraction of sp³-hybridized carbons (Fsp3) is 0. The molecule has 1 aromatic heterocycles. The molecule has 0 fully saturated rings. The molecule has 0 atom stereocenters. The first-order chi connectivity index (χ1) is 24.2. The molecule has 0 unspecified atom stereocenters. The zero-order chi connectivity index (χ0) is 32.9. The fourth-order valence-electron chi connectivity index (χ4n) is 7.63. The summed E-state index contributed by atoms with van der Waals surface area (Å²) in [5, 5.41) is 28.1. The second-order valence-electron chi connectivity index (χ2n) is 12.3. The molecule has 3 nitrogen and oxygen atoms in total. The van der Waals surface area contributed by atoms with Crippen LogP contribution in [0.1, 0.15) is 11.1 Å². The van der Waals surface area contributed by atoms with Crippen LogP contribution in [0.2, 0.25) is 0 Å². The summed E-state index contributed by atoms with van der Waals surface area (Å²) in [6.07, 6.45) is 0. The molecule has 1 heterocycles. The van der Waals surface area contributed by atoms with Gasteiger partial charge in [-0.15, -0.1) is 0 Å². The van der Waals surface area contributed by atoms with Crippen molar-refractivity contribution in [1.29, 1.82) is 10.5 Å². The van der Waals surface area contributed by atoms with Crippen LogP contribution in [0, 0.1) is 22.7 Å². The lowest BCUT2D eigenvalue weighted by Gasteiger charge is -2.18. The van der Waals surface area contributed by atoms with Gasteiger partial charge in [0.15, 0.2) is 0 Å². The third kappa shape index (κ3) is 4.42. The van der Waals surface area contributed by atoms with Gasteiger partial charge in [0.25, 0.3) is 0 Å². The average Bonchev–Trinajstić information content (AvgIpc) is 3.51. The molecule has 0 amide bonds. The number of hydrogen-bond donors (Lipinski definition) is 0. The normalized spacial score (nSPS) is 11.2. The Hall–Kier alpha value is -6.94. The van der Waals surface area contributed by atoms with E-state index in [4.69, 9.17) is 0 Å². The molecular weight excluding hydrogens is 595 g/mol. The van der Waals surface area contributed by atoms with Crippen molar-refractivity contribution in [2.24, 2.45) is 0 Å². The van der Waals surface area contributed by atoms with E-state index in [1.807, 2.05) is 54.6 Å². The number of nitrogens with zero attached hydrogens (tertiary/aromatic N) is 3. The average molecular weight is 622 g/mol. The van der Waals surface area contributed by atoms with Gasteiger partial charge in [0.2, 0.25) is 0 Å². The van der Waals surface area contributed by atoms with Crippen molar-refractivity contribution in [3.05, 3.63) is 175 Å². The third-order valence-electron chi connectivity index (χ3n) is 9.64. The van der Waals surface area contributed by atoms with Crippen LogP contribution >= 0.6 is 0 Å². The van der Waals surface area contributed by atoms with Gasteiger partial charge in [-0.05, 0) is 79.7 Å². The smallest absolute Gasteiger partial charge is 0.0999 e. The zero-order valence-electron chi connectivity index (χ0n) is 26.4. The number of benzene rings is 8. The molecule has 49 heavy (non-hydrogen) atoms. The first kappa shape index (κ1) is 28.3. The van der Waals surface area contributed by atoms with Crippen LogP contribution in [0.25, 0.3) is 82.4 Å². The van der Waals surface area contributed by atoms with E-state index in [9.17, 15) is 10.5 Å². The standard InChI is InChI=1S/C46H27N3/c47-28-33-26-35(49-42-23-10-8-17-36(42)37-18-9-11-24-43(37)49)27-34(29-48)44(33)31-15-12-16-32(25-31)46-40-21-6-4-19-38(40)45(30-13-2-1-3-14-30)39-20-5-7-22-41(39)46/h1-27H. The summed E-state index contributed by atoms with van der Waals surface area (Å²) in [6.45, 7) is 0. The Morgan fingerprint density at radius 3 is 1.22 bits per heavy atom. The Morgan fingerprint density at radius 2 is 0.735 bits per heavy atom. The SMILES string of the molecule is N#Cc1cc(-n2c3ccccc3c3ccccc32)cc(C#N)c1-c1cccc(-c2c3ccccc3c(-c3ccccc3)c3ccccc23)c1. The zero-order valence-corrected chi connectivity index (χ0v) is 26.4. The molecule has 0 radical (unpaired) electrons. The van der Waals surface area contributed by atoms with Gasteiger partial charge in [-0.1, -0.05) is 133 Å². The molecule has 3 heteroatoms. The third-order valence-corrected chi connectivity index (χ3v) is 9.64. The Kier molecular flexibility index (Phi) is 6.58. The minimum absolute atomic E-state index is 0.460. The number of fused-ring (bicyclic) bond motifs is 5. The predicted octanol–water partition coefficient (Wildman–Crippen LogP) is 11.8. The predicted molar refractivity (Wildman–Crippen MR) is 202 cm³/mol. The van der Waals surface area contributed by atoms with E-state index in [0.717, 1.165) is 55.0 Å². The van der Waals surface area contributed by atoms with Gasteiger partial charge in [-0.3, -0.25) is 0 Å². The van der Waals surface area contributed by atoms with Crippen molar-refractivity contribution in [3.63, 3.8) is 0 Å². The van der Waals surface area contributed by atoms with Gasteiger partial charge < -0.3 is 4.57 Å². The number of nitriles is 2. The summed E-state index contributed by atoms with van der Waals surface area (Å²) >= 11 is 0. The Bertz CT molecular complexity index is 2700. The summed E-state index contributed by atoms with van der Waals surface area (Å²) in [4.78, 5) is 0. The topological polar surface area (TPSA) is 52.5 Å². The highest BCUT2D eigenvalue weighted by molar-refractivity contribution is 6.21. The lowest BCUT2D eigenvalue weighted by molar-refractivity contribution is 1.17. The highest BCUT2D eigenvalue weighted by Crippen LogP contribution is 2.44. The highest BCUT2D eigenvalue weighted by Gasteiger charge is 2.20. The van der Waals surface area contributed by atoms with E-state index in [-0.39, 0.29) is 0 Å². The van der Waals surface area contributed by atoms with Crippen LogP contribution in [0.4, 0.5) is 0 Å². The number of hydrogen-bond acceptors (Lipinski definition) is 2. The summed E-state index contributed by atoms with van der Waals surface area (Å²) in [5.74, 6) is 0. The van der Waals surface area contributed by atoms with Crippen LogP contribution in [0.15, 0.2) is 164 Å². The molecule has 9 rings (SSSR count). The lowest BCUT2D eigenvalue weighted by atomic mass is 9.85. The maximum absolute atomic E-state index is 10.6. The Balaban J connectivity index is 1.28. The number of para-hydroxylation sites is 2. The van der Waals surface area contributed by atoms with Crippen LogP contribution in [0.5, 0.6) is 0 Å². The molecule has 0 saturated carbocycles. The van der Waals surface area contributed by atoms with Gasteiger partial charge in [0, 0.05) is 22.0 Å². The second kappa shape index (κ2) is 11.4. The Labute approximate surface area is 283 Å². The van der Waals surface area contributed by atoms with Gasteiger partial charge in [0.05, 0.1) is 34.3 Å². The molecule has 0 aliphatic rings. The molecule has 8 aromatic carbocycles. The first-order valence-electron chi connectivity index (χ1n) is 16.3. The fourth-order valence-corrected chi connectivity index (χ4v) is 7.63. The second-order valence-corrected chi connectivity index (χ2v) is 12.3. The highest BCUT2D eigenvalue weighted by atomic mass is 15.0. The van der Waals surface area contributed by atoms with Gasteiger partial charge in [0.1, 0.15) is 0 Å². The van der Waals surface area contributed by atoms with Gasteiger partial charge in [-0.25, -0.2) is 0 Å². The molecule has 0 aliphatic carbocycles. The maximum atomic E-state index is 10.6. The van der Waals surface area contributed by atoms with E-state index < -0.39 is 0 Å². The van der Waals surface area contributed by atoms with E-state index in [2.05, 4.69) is 126 Å². The maximum Gasteiger partial charge on any atom is 0.0999 e. The van der Waals surface area contributed by atoms with Crippen molar-refractivity contribution >= 4 is 43.4 Å². The van der Waals surface area contributed by atoms with E-state index >= 15 is 0 Å². The molecule has 9 aromatic rings. The van der Waals surface area contributed by atoms with E-state index in [1.54, 1.807) is 0 Å². The van der Waals surface area contributed by atoms with Crippen LogP contribution in [0.3, 0.4) is 0 Å². The van der Waals surface area contributed by atoms with Crippen LogP contribution in [-0.4, -0.2) is 4.57 Å². The minimum atomic E-state index is 0.460. The number of rotatable bonds is 4. The quantitative estimate of drug-likeness (QED) is 0.184. The van der Waals surface area contributed by atoms with Crippen molar-refractivity contribution < 1.29 is 0 Å². The van der Waals surface area contributed by atoms with E-state index in [1.165, 1.54) is 21.9 Å².